The van der Waals surface area contributed by atoms with Gasteiger partial charge in [0.15, 0.2) is 0 Å². The maximum absolute atomic E-state index is 12.6. The zero-order valence-electron chi connectivity index (χ0n) is 14.4. The molecule has 1 atom stereocenters. The van der Waals surface area contributed by atoms with Crippen molar-refractivity contribution in [2.45, 2.75) is 41.0 Å². The van der Waals surface area contributed by atoms with Gasteiger partial charge in [-0.15, -0.1) is 0 Å². The van der Waals surface area contributed by atoms with Gasteiger partial charge >= 0.3 is 5.97 Å². The van der Waals surface area contributed by atoms with E-state index in [1.165, 1.54) is 4.90 Å². The second kappa shape index (κ2) is 7.42. The molecular formula is C16H27N3O3. The van der Waals surface area contributed by atoms with Crippen LogP contribution in [-0.2, 0) is 23.1 Å². The van der Waals surface area contributed by atoms with Gasteiger partial charge in [-0.1, -0.05) is 20.8 Å². The minimum Gasteiger partial charge on any atom is -0.480 e. The lowest BCUT2D eigenvalue weighted by molar-refractivity contribution is -0.146. The van der Waals surface area contributed by atoms with Gasteiger partial charge in [0, 0.05) is 25.2 Å². The van der Waals surface area contributed by atoms with Crippen LogP contribution in [0.4, 0.5) is 0 Å². The fourth-order valence-corrected chi connectivity index (χ4v) is 2.65. The van der Waals surface area contributed by atoms with Gasteiger partial charge < -0.3 is 10.0 Å². The maximum Gasteiger partial charge on any atom is 0.323 e. The first kappa shape index (κ1) is 18.2. The number of aliphatic carboxylic acids is 1. The van der Waals surface area contributed by atoms with Crippen LogP contribution < -0.4 is 0 Å². The Labute approximate surface area is 132 Å². The van der Waals surface area contributed by atoms with Crippen LogP contribution in [0.25, 0.3) is 0 Å². The molecule has 0 bridgehead atoms. The van der Waals surface area contributed by atoms with Crippen molar-refractivity contribution >= 4 is 11.9 Å². The zero-order chi connectivity index (χ0) is 17.0. The monoisotopic (exact) mass is 309 g/mol. The molecule has 6 nitrogen and oxygen atoms in total. The number of amides is 1. The Bertz CT molecular complexity index is 549. The fraction of sp³-hybridized carbons (Fsp3) is 0.688. The number of aromatic nitrogens is 2. The second-order valence-electron chi connectivity index (χ2n) is 6.38. The van der Waals surface area contributed by atoms with Crippen molar-refractivity contribution in [1.29, 1.82) is 0 Å². The summed E-state index contributed by atoms with van der Waals surface area (Å²) in [6.45, 7) is 9.93. The number of carbonyl (C=O) groups excluding carboxylic acids is 1. The third kappa shape index (κ3) is 4.58. The first-order valence-corrected chi connectivity index (χ1v) is 7.63. The van der Waals surface area contributed by atoms with Crippen LogP contribution in [0, 0.1) is 25.7 Å². The Hall–Kier alpha value is -1.85. The molecule has 1 unspecified atom stereocenters. The van der Waals surface area contributed by atoms with Gasteiger partial charge in [0.05, 0.1) is 5.69 Å². The summed E-state index contributed by atoms with van der Waals surface area (Å²) < 4.78 is 1.81. The average molecular weight is 309 g/mol. The first-order valence-electron chi connectivity index (χ1n) is 7.63. The van der Waals surface area contributed by atoms with E-state index in [4.69, 9.17) is 5.11 Å². The molecule has 0 aromatic carbocycles. The molecule has 6 heteroatoms. The predicted octanol–water partition coefficient (Wildman–Crippen LogP) is 1.78. The van der Waals surface area contributed by atoms with Crippen molar-refractivity contribution in [2.24, 2.45) is 18.9 Å². The highest BCUT2D eigenvalue weighted by Crippen LogP contribution is 2.18. The van der Waals surface area contributed by atoms with E-state index in [9.17, 15) is 9.59 Å². The van der Waals surface area contributed by atoms with Crippen molar-refractivity contribution in [2.75, 3.05) is 13.1 Å². The standard InChI is InChI=1S/C16H27N3O3/c1-10(2)8-19(9-15(20)21)16(22)11(3)7-14-12(4)17-18(6)13(14)5/h10-11H,7-9H2,1-6H3,(H,20,21). The minimum atomic E-state index is -0.977. The van der Waals surface area contributed by atoms with E-state index < -0.39 is 5.97 Å². The van der Waals surface area contributed by atoms with E-state index >= 15 is 0 Å². The van der Waals surface area contributed by atoms with Gasteiger partial charge in [-0.25, -0.2) is 0 Å². The Balaban J connectivity index is 2.86. The third-order valence-electron chi connectivity index (χ3n) is 3.81. The number of rotatable bonds is 7. The molecule has 1 amide bonds. The molecule has 124 valence electrons. The highest BCUT2D eigenvalue weighted by Gasteiger charge is 2.25. The number of carbonyl (C=O) groups is 2. The highest BCUT2D eigenvalue weighted by atomic mass is 16.4. The Morgan fingerprint density at radius 3 is 2.27 bits per heavy atom. The van der Waals surface area contributed by atoms with E-state index in [-0.39, 0.29) is 24.3 Å². The number of hydrogen-bond acceptors (Lipinski definition) is 3. The fourth-order valence-electron chi connectivity index (χ4n) is 2.65. The van der Waals surface area contributed by atoms with Gasteiger partial charge in [-0.3, -0.25) is 14.3 Å². The summed E-state index contributed by atoms with van der Waals surface area (Å²) in [5.41, 5.74) is 3.04. The molecule has 0 fully saturated rings. The molecule has 0 spiro atoms. The quantitative estimate of drug-likeness (QED) is 0.833. The van der Waals surface area contributed by atoms with Crippen LogP contribution in [-0.4, -0.2) is 44.8 Å². The highest BCUT2D eigenvalue weighted by molar-refractivity contribution is 5.83. The lowest BCUT2D eigenvalue weighted by Gasteiger charge is -2.26. The van der Waals surface area contributed by atoms with E-state index in [1.54, 1.807) is 0 Å². The summed E-state index contributed by atoms with van der Waals surface area (Å²) >= 11 is 0. The van der Waals surface area contributed by atoms with Gasteiger partial charge in [0.25, 0.3) is 0 Å². The summed E-state index contributed by atoms with van der Waals surface area (Å²) in [6.07, 6.45) is 0.582. The summed E-state index contributed by atoms with van der Waals surface area (Å²) in [5, 5.41) is 13.4. The first-order chi connectivity index (χ1) is 10.1. The van der Waals surface area contributed by atoms with E-state index in [1.807, 2.05) is 46.3 Å². The van der Waals surface area contributed by atoms with Crippen molar-refractivity contribution in [3.63, 3.8) is 0 Å². The topological polar surface area (TPSA) is 75.4 Å². The molecule has 0 aliphatic carbocycles. The molecule has 0 aliphatic rings. The zero-order valence-corrected chi connectivity index (χ0v) is 14.4. The molecule has 0 saturated carbocycles. The van der Waals surface area contributed by atoms with E-state index in [2.05, 4.69) is 5.10 Å². The number of hydrogen-bond donors (Lipinski definition) is 1. The summed E-state index contributed by atoms with van der Waals surface area (Å²) in [6, 6.07) is 0. The summed E-state index contributed by atoms with van der Waals surface area (Å²) in [5.74, 6) is -1.12. The van der Waals surface area contributed by atoms with Gasteiger partial charge in [0.1, 0.15) is 6.54 Å². The maximum atomic E-state index is 12.6. The molecule has 1 heterocycles. The van der Waals surface area contributed by atoms with Crippen LogP contribution in [0.2, 0.25) is 0 Å². The smallest absolute Gasteiger partial charge is 0.323 e. The summed E-state index contributed by atoms with van der Waals surface area (Å²) in [4.78, 5) is 25.0. The normalized spacial score (nSPS) is 12.5. The SMILES string of the molecule is Cc1nn(C)c(C)c1CC(C)C(=O)N(CC(=O)O)CC(C)C. The van der Waals surface area contributed by atoms with Crippen LogP contribution in [0.1, 0.15) is 37.7 Å². The number of carboxylic acids is 1. The molecule has 1 rings (SSSR count). The summed E-state index contributed by atoms with van der Waals surface area (Å²) in [7, 11) is 1.88. The molecule has 1 aromatic rings. The average Bonchev–Trinajstić information content (AvgIpc) is 2.62. The van der Waals surface area contributed by atoms with E-state index in [0.717, 1.165) is 17.0 Å². The molecular weight excluding hydrogens is 282 g/mol. The van der Waals surface area contributed by atoms with Crippen LogP contribution in [0.5, 0.6) is 0 Å². The molecule has 0 radical (unpaired) electrons. The third-order valence-corrected chi connectivity index (χ3v) is 3.81. The predicted molar refractivity (Wildman–Crippen MR) is 84.6 cm³/mol. The largest absolute Gasteiger partial charge is 0.480 e. The van der Waals surface area contributed by atoms with Crippen molar-refractivity contribution in [3.8, 4) is 0 Å². The van der Waals surface area contributed by atoms with E-state index in [0.29, 0.717) is 13.0 Å². The lowest BCUT2D eigenvalue weighted by atomic mass is 9.98. The van der Waals surface area contributed by atoms with Gasteiger partial charge in [-0.2, -0.15) is 5.10 Å². The van der Waals surface area contributed by atoms with Crippen LogP contribution >= 0.6 is 0 Å². The number of aryl methyl sites for hydroxylation is 2. The van der Waals surface area contributed by atoms with Gasteiger partial charge in [-0.05, 0) is 31.7 Å². The van der Waals surface area contributed by atoms with Crippen LogP contribution in [0.3, 0.4) is 0 Å². The Morgan fingerprint density at radius 2 is 1.86 bits per heavy atom. The molecule has 1 N–H and O–H groups in total. The molecule has 1 aromatic heterocycles. The van der Waals surface area contributed by atoms with Crippen molar-refractivity contribution < 1.29 is 14.7 Å². The lowest BCUT2D eigenvalue weighted by Crippen LogP contribution is -2.41. The number of carboxylic acid groups (broad SMARTS) is 1. The van der Waals surface area contributed by atoms with Gasteiger partial charge in [0.2, 0.25) is 5.91 Å². The number of nitrogens with zero attached hydrogens (tertiary/aromatic N) is 3. The van der Waals surface area contributed by atoms with Crippen molar-refractivity contribution in [1.82, 2.24) is 14.7 Å². The second-order valence-corrected chi connectivity index (χ2v) is 6.38. The van der Waals surface area contributed by atoms with Crippen LogP contribution in [0.15, 0.2) is 0 Å². The Kier molecular flexibility index (Phi) is 6.14. The molecule has 0 aliphatic heterocycles. The Morgan fingerprint density at radius 1 is 1.27 bits per heavy atom. The molecule has 22 heavy (non-hydrogen) atoms. The minimum absolute atomic E-state index is 0.112. The molecule has 0 saturated heterocycles. The van der Waals surface area contributed by atoms with Crippen molar-refractivity contribution in [3.05, 3.63) is 17.0 Å².